The van der Waals surface area contributed by atoms with Crippen LogP contribution in [0, 0.1) is 32.6 Å². The van der Waals surface area contributed by atoms with Crippen molar-refractivity contribution in [3.63, 3.8) is 0 Å². The molecule has 2 saturated heterocycles. The summed E-state index contributed by atoms with van der Waals surface area (Å²) in [6.45, 7) is 9.30. The van der Waals surface area contributed by atoms with Crippen molar-refractivity contribution in [2.45, 2.75) is 40.0 Å². The van der Waals surface area contributed by atoms with E-state index in [2.05, 4.69) is 10.1 Å². The smallest absolute Gasteiger partial charge is 0.257 e. The molecule has 0 bridgehead atoms. The molecule has 2 aliphatic heterocycles. The molecule has 2 aromatic heterocycles. The number of pyridine rings is 1. The molecule has 8 nitrogen and oxygen atoms in total. The normalized spacial score (nSPS) is 19.6. The highest BCUT2D eigenvalue weighted by Gasteiger charge is 2.33. The summed E-state index contributed by atoms with van der Waals surface area (Å²) >= 11 is 0. The van der Waals surface area contributed by atoms with Crippen molar-refractivity contribution in [2.24, 2.45) is 18.9 Å². The number of nitrogens with zero attached hydrogens (tertiary/aromatic N) is 5. The monoisotopic (exact) mass is 439 g/mol. The van der Waals surface area contributed by atoms with Crippen LogP contribution in [0.2, 0.25) is 0 Å². The Kier molecular flexibility index (Phi) is 6.48. The molecule has 2 aromatic rings. The number of rotatable bonds is 6. The van der Waals surface area contributed by atoms with E-state index in [0.717, 1.165) is 61.5 Å². The van der Waals surface area contributed by atoms with E-state index < -0.39 is 0 Å². The molecular formula is C24H33N5O3. The molecule has 4 heterocycles. The summed E-state index contributed by atoms with van der Waals surface area (Å²) in [5.41, 5.74) is 3.53. The summed E-state index contributed by atoms with van der Waals surface area (Å²) in [6, 6.07) is 3.85. The Morgan fingerprint density at radius 2 is 1.94 bits per heavy atom. The van der Waals surface area contributed by atoms with Gasteiger partial charge in [-0.15, -0.1) is 0 Å². The summed E-state index contributed by atoms with van der Waals surface area (Å²) < 4.78 is 7.59. The summed E-state index contributed by atoms with van der Waals surface area (Å²) in [5, 5.41) is 4.37. The standard InChI is InChI=1S/C24H33N5O3/c1-16-5-8-25-21(11-16)32-15-20-12-22(30)29(14-20)13-19-6-9-28(10-7-19)24(31)23-17(2)26-27(4)18(23)3/h5,8,11,19-20H,6-7,9-10,12-15H2,1-4H3. The molecule has 0 aliphatic carbocycles. The van der Waals surface area contributed by atoms with Crippen LogP contribution in [0.25, 0.3) is 0 Å². The second kappa shape index (κ2) is 9.30. The van der Waals surface area contributed by atoms with Gasteiger partial charge in [-0.05, 0) is 51.2 Å². The minimum absolute atomic E-state index is 0.0748. The third-order valence-electron chi connectivity index (χ3n) is 6.76. The lowest BCUT2D eigenvalue weighted by Crippen LogP contribution is -2.42. The van der Waals surface area contributed by atoms with Crippen molar-refractivity contribution in [2.75, 3.05) is 32.8 Å². The quantitative estimate of drug-likeness (QED) is 0.691. The number of carbonyl (C=O) groups is 2. The van der Waals surface area contributed by atoms with E-state index in [4.69, 9.17) is 4.74 Å². The number of likely N-dealkylation sites (tertiary alicyclic amines) is 2. The number of hydrogen-bond acceptors (Lipinski definition) is 5. The number of piperidine rings is 1. The van der Waals surface area contributed by atoms with Crippen molar-refractivity contribution in [1.29, 1.82) is 0 Å². The van der Waals surface area contributed by atoms with E-state index in [-0.39, 0.29) is 17.7 Å². The molecule has 0 N–H and O–H groups in total. The zero-order valence-electron chi connectivity index (χ0n) is 19.5. The lowest BCUT2D eigenvalue weighted by Gasteiger charge is -2.34. The zero-order chi connectivity index (χ0) is 22.8. The maximum absolute atomic E-state index is 13.0. The van der Waals surface area contributed by atoms with Crippen LogP contribution in [0.15, 0.2) is 18.3 Å². The molecule has 172 valence electrons. The van der Waals surface area contributed by atoms with E-state index in [1.165, 1.54) is 0 Å². The van der Waals surface area contributed by atoms with Crippen LogP contribution < -0.4 is 4.74 Å². The molecule has 4 rings (SSSR count). The highest BCUT2D eigenvalue weighted by atomic mass is 16.5. The molecule has 2 fully saturated rings. The zero-order valence-corrected chi connectivity index (χ0v) is 19.5. The topological polar surface area (TPSA) is 80.6 Å². The fraction of sp³-hybridized carbons (Fsp3) is 0.583. The average Bonchev–Trinajstić information content (AvgIpc) is 3.24. The number of amides is 2. The van der Waals surface area contributed by atoms with E-state index in [0.29, 0.717) is 24.8 Å². The van der Waals surface area contributed by atoms with Crippen LogP contribution in [-0.4, -0.2) is 69.2 Å². The van der Waals surface area contributed by atoms with E-state index in [9.17, 15) is 9.59 Å². The van der Waals surface area contributed by atoms with Crippen molar-refractivity contribution >= 4 is 11.8 Å². The van der Waals surface area contributed by atoms with Crippen LogP contribution in [0.1, 0.15) is 46.6 Å². The second-order valence-electron chi connectivity index (χ2n) is 9.26. The molecular weight excluding hydrogens is 406 g/mol. The molecule has 0 spiro atoms. The van der Waals surface area contributed by atoms with Crippen molar-refractivity contribution in [1.82, 2.24) is 24.6 Å². The van der Waals surface area contributed by atoms with Crippen LogP contribution >= 0.6 is 0 Å². The minimum Gasteiger partial charge on any atom is -0.477 e. The largest absolute Gasteiger partial charge is 0.477 e. The second-order valence-corrected chi connectivity index (χ2v) is 9.26. The predicted molar refractivity (Wildman–Crippen MR) is 120 cm³/mol. The van der Waals surface area contributed by atoms with Gasteiger partial charge in [0.25, 0.3) is 5.91 Å². The number of carbonyl (C=O) groups excluding carboxylic acids is 2. The third-order valence-corrected chi connectivity index (χ3v) is 6.76. The van der Waals surface area contributed by atoms with Gasteiger partial charge in [-0.25, -0.2) is 4.98 Å². The first kappa shape index (κ1) is 22.3. The highest BCUT2D eigenvalue weighted by molar-refractivity contribution is 5.96. The Labute approximate surface area is 189 Å². The van der Waals surface area contributed by atoms with Crippen molar-refractivity contribution < 1.29 is 14.3 Å². The maximum atomic E-state index is 13.0. The van der Waals surface area contributed by atoms with Crippen LogP contribution in [0.5, 0.6) is 5.88 Å². The van der Waals surface area contributed by atoms with Gasteiger partial charge in [0.05, 0.1) is 17.9 Å². The third kappa shape index (κ3) is 4.79. The summed E-state index contributed by atoms with van der Waals surface area (Å²) in [6.07, 6.45) is 4.11. The summed E-state index contributed by atoms with van der Waals surface area (Å²) in [4.78, 5) is 33.7. The van der Waals surface area contributed by atoms with Crippen LogP contribution in [-0.2, 0) is 11.8 Å². The minimum atomic E-state index is 0.0748. The first-order valence-electron chi connectivity index (χ1n) is 11.4. The van der Waals surface area contributed by atoms with Gasteiger partial charge in [-0.1, -0.05) is 0 Å². The van der Waals surface area contributed by atoms with Gasteiger partial charge in [0.15, 0.2) is 0 Å². The van der Waals surface area contributed by atoms with Crippen molar-refractivity contribution in [3.05, 3.63) is 40.8 Å². The Morgan fingerprint density at radius 1 is 1.19 bits per heavy atom. The van der Waals surface area contributed by atoms with Gasteiger partial charge in [-0.3, -0.25) is 14.3 Å². The van der Waals surface area contributed by atoms with Gasteiger partial charge in [0.1, 0.15) is 0 Å². The molecule has 8 heteroatoms. The Morgan fingerprint density at radius 3 is 2.59 bits per heavy atom. The molecule has 0 radical (unpaired) electrons. The Bertz CT molecular complexity index is 994. The number of aromatic nitrogens is 3. The molecule has 32 heavy (non-hydrogen) atoms. The average molecular weight is 440 g/mol. The summed E-state index contributed by atoms with van der Waals surface area (Å²) in [5.74, 6) is 1.52. The molecule has 0 saturated carbocycles. The number of hydrogen-bond donors (Lipinski definition) is 0. The van der Waals surface area contributed by atoms with Crippen LogP contribution in [0.4, 0.5) is 0 Å². The molecule has 1 unspecified atom stereocenters. The van der Waals surface area contributed by atoms with E-state index in [1.54, 1.807) is 10.9 Å². The summed E-state index contributed by atoms with van der Waals surface area (Å²) in [7, 11) is 1.87. The molecule has 0 aromatic carbocycles. The van der Waals surface area contributed by atoms with Gasteiger partial charge < -0.3 is 14.5 Å². The van der Waals surface area contributed by atoms with Gasteiger partial charge in [-0.2, -0.15) is 5.10 Å². The Hall–Kier alpha value is -2.90. The lowest BCUT2D eigenvalue weighted by atomic mass is 9.95. The van der Waals surface area contributed by atoms with Gasteiger partial charge >= 0.3 is 0 Å². The maximum Gasteiger partial charge on any atom is 0.257 e. The fourth-order valence-electron chi connectivity index (χ4n) is 4.80. The van der Waals surface area contributed by atoms with E-state index in [1.807, 2.05) is 49.8 Å². The van der Waals surface area contributed by atoms with Gasteiger partial charge in [0.2, 0.25) is 11.8 Å². The first-order chi connectivity index (χ1) is 15.3. The SMILES string of the molecule is Cc1ccnc(OCC2CC(=O)N(CC3CCN(C(=O)c4c(C)nn(C)c4C)CC3)C2)c1. The van der Waals surface area contributed by atoms with E-state index >= 15 is 0 Å². The highest BCUT2D eigenvalue weighted by Crippen LogP contribution is 2.26. The van der Waals surface area contributed by atoms with Crippen molar-refractivity contribution in [3.8, 4) is 5.88 Å². The van der Waals surface area contributed by atoms with Gasteiger partial charge in [0, 0.05) is 63.5 Å². The number of aryl methyl sites for hydroxylation is 3. The fourth-order valence-corrected chi connectivity index (χ4v) is 4.80. The predicted octanol–water partition coefficient (Wildman–Crippen LogP) is 2.52. The molecule has 2 amide bonds. The number of ether oxygens (including phenoxy) is 1. The Balaban J connectivity index is 1.25. The molecule has 2 aliphatic rings. The van der Waals surface area contributed by atoms with Crippen LogP contribution in [0.3, 0.4) is 0 Å². The first-order valence-corrected chi connectivity index (χ1v) is 11.4. The molecule has 1 atom stereocenters. The lowest BCUT2D eigenvalue weighted by molar-refractivity contribution is -0.128.